The van der Waals surface area contributed by atoms with Gasteiger partial charge in [-0.25, -0.2) is 0 Å². The Labute approximate surface area is 95.7 Å². The lowest BCUT2D eigenvalue weighted by molar-refractivity contribution is 0.158. The molecule has 0 unspecified atom stereocenters. The molecule has 0 aliphatic heterocycles. The maximum atomic E-state index is 12.0. The van der Waals surface area contributed by atoms with Crippen LogP contribution in [0.4, 0.5) is 0 Å². The van der Waals surface area contributed by atoms with Crippen molar-refractivity contribution in [2.75, 3.05) is 14.2 Å². The van der Waals surface area contributed by atoms with E-state index >= 15 is 0 Å². The average molecular weight is 244 g/mol. The van der Waals surface area contributed by atoms with Gasteiger partial charge in [0.15, 0.2) is 5.85 Å². The van der Waals surface area contributed by atoms with Crippen molar-refractivity contribution in [3.05, 3.63) is 35.9 Å². The van der Waals surface area contributed by atoms with Gasteiger partial charge in [0.25, 0.3) is 0 Å². The van der Waals surface area contributed by atoms with E-state index in [2.05, 4.69) is 0 Å². The van der Waals surface area contributed by atoms with Gasteiger partial charge in [0.05, 0.1) is 0 Å². The third kappa shape index (κ3) is 2.71. The molecule has 0 aliphatic rings. The van der Waals surface area contributed by atoms with Crippen LogP contribution in [0.5, 0.6) is 0 Å². The molecule has 16 heavy (non-hydrogen) atoms. The number of aliphatic hydroxyl groups excluding tert-OH is 1. The van der Waals surface area contributed by atoms with Crippen LogP contribution in [0.1, 0.15) is 18.4 Å². The third-order valence-electron chi connectivity index (χ3n) is 2.61. The second-order valence-corrected chi connectivity index (χ2v) is 5.86. The first-order chi connectivity index (χ1) is 7.55. The SMILES string of the molecule is COP(=O)(OC)[C@H](O)[C@H](C)c1ccccc1. The molecule has 0 bridgehead atoms. The summed E-state index contributed by atoms with van der Waals surface area (Å²) >= 11 is 0. The number of hydrogen-bond acceptors (Lipinski definition) is 4. The van der Waals surface area contributed by atoms with Gasteiger partial charge in [-0.2, -0.15) is 0 Å². The van der Waals surface area contributed by atoms with Crippen LogP contribution >= 0.6 is 7.60 Å². The molecule has 0 fully saturated rings. The lowest BCUT2D eigenvalue weighted by Crippen LogP contribution is -2.18. The summed E-state index contributed by atoms with van der Waals surface area (Å²) in [7, 11) is -0.900. The van der Waals surface area contributed by atoms with Crippen LogP contribution in [0.15, 0.2) is 30.3 Å². The second kappa shape index (κ2) is 5.60. The van der Waals surface area contributed by atoms with Crippen molar-refractivity contribution in [3.8, 4) is 0 Å². The first kappa shape index (κ1) is 13.4. The lowest BCUT2D eigenvalue weighted by Gasteiger charge is -2.25. The van der Waals surface area contributed by atoms with Gasteiger partial charge in [-0.1, -0.05) is 37.3 Å². The minimum absolute atomic E-state index is 0.313. The quantitative estimate of drug-likeness (QED) is 0.809. The molecule has 1 N–H and O–H groups in total. The van der Waals surface area contributed by atoms with Crippen molar-refractivity contribution in [3.63, 3.8) is 0 Å². The van der Waals surface area contributed by atoms with E-state index in [1.165, 1.54) is 14.2 Å². The van der Waals surface area contributed by atoms with Crippen molar-refractivity contribution >= 4 is 7.60 Å². The standard InChI is InChI=1S/C11H17O4P/c1-9(10-7-5-4-6-8-10)11(12)16(13,14-2)15-3/h4-9,11-12H,1-3H3/t9-,11+/m1/s1. The van der Waals surface area contributed by atoms with E-state index < -0.39 is 13.4 Å². The van der Waals surface area contributed by atoms with Gasteiger partial charge in [-0.15, -0.1) is 0 Å². The van der Waals surface area contributed by atoms with Crippen molar-refractivity contribution < 1.29 is 18.7 Å². The van der Waals surface area contributed by atoms with Gasteiger partial charge in [0, 0.05) is 20.1 Å². The van der Waals surface area contributed by atoms with Gasteiger partial charge in [-0.3, -0.25) is 4.57 Å². The fourth-order valence-corrected chi connectivity index (χ4v) is 2.79. The number of benzene rings is 1. The zero-order chi connectivity index (χ0) is 12.2. The van der Waals surface area contributed by atoms with Crippen molar-refractivity contribution in [2.45, 2.75) is 18.7 Å². The molecule has 4 nitrogen and oxygen atoms in total. The molecule has 0 spiro atoms. The Balaban J connectivity index is 2.90. The molecule has 1 rings (SSSR count). The van der Waals surface area contributed by atoms with Crippen LogP contribution in [0.25, 0.3) is 0 Å². The smallest absolute Gasteiger partial charge is 0.358 e. The molecule has 0 heterocycles. The third-order valence-corrected chi connectivity index (χ3v) is 4.72. The molecule has 1 aromatic rings. The fraction of sp³-hybridized carbons (Fsp3) is 0.455. The molecule has 0 saturated carbocycles. The molecule has 5 heteroatoms. The number of aliphatic hydroxyl groups is 1. The topological polar surface area (TPSA) is 55.8 Å². The molecule has 0 amide bonds. The molecule has 0 aromatic heterocycles. The zero-order valence-corrected chi connectivity index (χ0v) is 10.6. The normalized spacial score (nSPS) is 15.8. The summed E-state index contributed by atoms with van der Waals surface area (Å²) in [5.74, 6) is -1.48. The van der Waals surface area contributed by atoms with Crippen LogP contribution in [-0.2, 0) is 13.6 Å². The molecular weight excluding hydrogens is 227 g/mol. The highest BCUT2D eigenvalue weighted by molar-refractivity contribution is 7.54. The summed E-state index contributed by atoms with van der Waals surface area (Å²) in [5, 5.41) is 9.98. The van der Waals surface area contributed by atoms with Gasteiger partial charge in [0.1, 0.15) is 0 Å². The highest BCUT2D eigenvalue weighted by atomic mass is 31.2. The summed E-state index contributed by atoms with van der Waals surface area (Å²) < 4.78 is 21.5. The molecule has 1 aromatic carbocycles. The summed E-state index contributed by atoms with van der Waals surface area (Å²) in [5.41, 5.74) is 0.893. The molecule has 0 saturated heterocycles. The lowest BCUT2D eigenvalue weighted by atomic mass is 10.0. The molecule has 0 radical (unpaired) electrons. The van der Waals surface area contributed by atoms with E-state index in [0.29, 0.717) is 0 Å². The van der Waals surface area contributed by atoms with Crippen LogP contribution in [0.2, 0.25) is 0 Å². The van der Waals surface area contributed by atoms with Gasteiger partial charge in [-0.05, 0) is 5.56 Å². The minimum atomic E-state index is -3.44. The Hall–Kier alpha value is -0.670. The average Bonchev–Trinajstić information content (AvgIpc) is 2.37. The Morgan fingerprint density at radius 1 is 1.19 bits per heavy atom. The first-order valence-corrected chi connectivity index (χ1v) is 6.60. The highest BCUT2D eigenvalue weighted by Crippen LogP contribution is 2.54. The monoisotopic (exact) mass is 244 g/mol. The summed E-state index contributed by atoms with van der Waals surface area (Å²) in [4.78, 5) is 0. The van der Waals surface area contributed by atoms with E-state index in [0.717, 1.165) is 5.56 Å². The van der Waals surface area contributed by atoms with Crippen LogP contribution in [0, 0.1) is 0 Å². The molecule has 2 atom stereocenters. The van der Waals surface area contributed by atoms with Crippen molar-refractivity contribution in [2.24, 2.45) is 0 Å². The Morgan fingerprint density at radius 3 is 2.12 bits per heavy atom. The predicted octanol–water partition coefficient (Wildman–Crippen LogP) is 2.59. The minimum Gasteiger partial charge on any atom is -0.380 e. The van der Waals surface area contributed by atoms with E-state index in [1.54, 1.807) is 6.92 Å². The molecular formula is C11H17O4P. The first-order valence-electron chi connectivity index (χ1n) is 4.99. The van der Waals surface area contributed by atoms with E-state index in [4.69, 9.17) is 9.05 Å². The molecule has 0 aliphatic carbocycles. The number of hydrogen-bond donors (Lipinski definition) is 1. The summed E-state index contributed by atoms with van der Waals surface area (Å²) in [6, 6.07) is 9.34. The molecule has 90 valence electrons. The van der Waals surface area contributed by atoms with Crippen molar-refractivity contribution in [1.82, 2.24) is 0 Å². The van der Waals surface area contributed by atoms with E-state index in [1.807, 2.05) is 30.3 Å². The number of rotatable bonds is 5. The maximum absolute atomic E-state index is 12.0. The maximum Gasteiger partial charge on any atom is 0.358 e. The van der Waals surface area contributed by atoms with Gasteiger partial charge < -0.3 is 14.2 Å². The zero-order valence-electron chi connectivity index (χ0n) is 9.66. The Kier molecular flexibility index (Phi) is 4.69. The second-order valence-electron chi connectivity index (χ2n) is 3.52. The Morgan fingerprint density at radius 2 is 1.69 bits per heavy atom. The van der Waals surface area contributed by atoms with Crippen LogP contribution in [-0.4, -0.2) is 25.2 Å². The van der Waals surface area contributed by atoms with Gasteiger partial charge >= 0.3 is 7.60 Å². The highest BCUT2D eigenvalue weighted by Gasteiger charge is 2.36. The predicted molar refractivity (Wildman–Crippen MR) is 62.5 cm³/mol. The van der Waals surface area contributed by atoms with E-state index in [9.17, 15) is 9.67 Å². The van der Waals surface area contributed by atoms with E-state index in [-0.39, 0.29) is 5.92 Å². The van der Waals surface area contributed by atoms with Gasteiger partial charge in [0.2, 0.25) is 0 Å². The van der Waals surface area contributed by atoms with Crippen LogP contribution < -0.4 is 0 Å². The Bertz CT molecular complexity index is 358. The van der Waals surface area contributed by atoms with Crippen LogP contribution in [0.3, 0.4) is 0 Å². The summed E-state index contributed by atoms with van der Waals surface area (Å²) in [6.07, 6.45) is 0. The van der Waals surface area contributed by atoms with Crippen molar-refractivity contribution in [1.29, 1.82) is 0 Å². The fourth-order valence-electron chi connectivity index (χ4n) is 1.49. The largest absolute Gasteiger partial charge is 0.380 e. The summed E-state index contributed by atoms with van der Waals surface area (Å²) in [6.45, 7) is 1.78.